The third kappa shape index (κ3) is 76.8. The Balaban J connectivity index is 5.23. The summed E-state index contributed by atoms with van der Waals surface area (Å²) in [5, 5.41) is 10.7. The van der Waals surface area contributed by atoms with E-state index in [2.05, 4.69) is 48.5 Å². The van der Waals surface area contributed by atoms with Crippen LogP contribution in [0.2, 0.25) is 0 Å². The van der Waals surface area contributed by atoms with Gasteiger partial charge in [-0.2, -0.15) is 0 Å². The molecule has 0 heterocycles. The predicted octanol–water partition coefficient (Wildman–Crippen LogP) is 25.7. The van der Waals surface area contributed by atoms with Crippen molar-refractivity contribution < 1.29 is 80.2 Å². The van der Waals surface area contributed by atoms with E-state index in [-0.39, 0.29) is 25.7 Å². The van der Waals surface area contributed by atoms with Gasteiger partial charge < -0.3 is 33.8 Å². The summed E-state index contributed by atoms with van der Waals surface area (Å²) in [7, 11) is -9.93. The van der Waals surface area contributed by atoms with Gasteiger partial charge in [0.15, 0.2) is 12.2 Å². The maximum absolute atomic E-state index is 13.1. The average Bonchev–Trinajstić information content (AvgIpc) is 0.910. The molecule has 0 radical (unpaired) electrons. The fourth-order valence-electron chi connectivity index (χ4n) is 13.2. The first-order valence-electron chi connectivity index (χ1n) is 43.9. The minimum absolute atomic E-state index is 0.106. The number of phosphoric ester groups is 2. The summed E-state index contributed by atoms with van der Waals surface area (Å²) in [5.74, 6) is 0.220. The van der Waals surface area contributed by atoms with Gasteiger partial charge in [-0.25, -0.2) is 9.13 Å². The molecule has 104 heavy (non-hydrogen) atoms. The Kier molecular flexibility index (Phi) is 73.7. The van der Waals surface area contributed by atoms with Crippen LogP contribution >= 0.6 is 15.6 Å². The maximum atomic E-state index is 13.1. The van der Waals surface area contributed by atoms with Crippen LogP contribution in [0.1, 0.15) is 447 Å². The standard InChI is InChI=1S/C85H166O17P2/c1-8-10-11-12-13-14-15-16-17-18-19-23-26-29-32-38-45-52-59-66-82(87)95-72-80(101-84(89)68-61-54-46-39-33-30-27-24-21-20-22-25-28-31-36-42-49-56-63-76(3)4)74-99-103(91,92)97-70-79(86)71-98-104(93,94)100-75-81(73-96-83(88)67-60-53-48-41-43-50-57-64-77(5)6)102-85(90)69-62-55-47-40-35-34-37-44-51-58-65-78(7)9-2/h76-81,86H,8-75H2,1-7H3,(H,91,92)(H,93,94)/t78?,79-,80-,81-/m1/s1. The second kappa shape index (κ2) is 75.1. The van der Waals surface area contributed by atoms with Crippen molar-refractivity contribution in [2.75, 3.05) is 39.6 Å². The van der Waals surface area contributed by atoms with Gasteiger partial charge in [0, 0.05) is 25.7 Å². The van der Waals surface area contributed by atoms with Crippen LogP contribution < -0.4 is 0 Å². The van der Waals surface area contributed by atoms with Gasteiger partial charge in [0.05, 0.1) is 26.4 Å². The topological polar surface area (TPSA) is 237 Å². The number of hydrogen-bond acceptors (Lipinski definition) is 15. The van der Waals surface area contributed by atoms with E-state index < -0.39 is 97.5 Å². The fraction of sp³-hybridized carbons (Fsp3) is 0.953. The molecule has 0 rings (SSSR count). The van der Waals surface area contributed by atoms with Gasteiger partial charge in [-0.15, -0.1) is 0 Å². The minimum atomic E-state index is -4.97. The molecule has 0 bridgehead atoms. The molecule has 0 amide bonds. The number of carbonyl (C=O) groups is 4. The molecule has 0 aromatic rings. The van der Waals surface area contributed by atoms with Crippen LogP contribution in [0.5, 0.6) is 0 Å². The van der Waals surface area contributed by atoms with Crippen molar-refractivity contribution in [2.24, 2.45) is 17.8 Å². The summed E-state index contributed by atoms with van der Waals surface area (Å²) >= 11 is 0. The first-order chi connectivity index (χ1) is 50.3. The van der Waals surface area contributed by atoms with Gasteiger partial charge in [-0.1, -0.05) is 395 Å². The van der Waals surface area contributed by atoms with Gasteiger partial charge in [-0.3, -0.25) is 37.3 Å². The molecule has 17 nitrogen and oxygen atoms in total. The highest BCUT2D eigenvalue weighted by Gasteiger charge is 2.30. The van der Waals surface area contributed by atoms with Crippen molar-refractivity contribution in [3.8, 4) is 0 Å². The molecule has 0 aliphatic rings. The van der Waals surface area contributed by atoms with E-state index in [0.29, 0.717) is 31.6 Å². The average molecular weight is 1520 g/mol. The Morgan fingerprint density at radius 2 is 0.490 bits per heavy atom. The summed E-state index contributed by atoms with van der Waals surface area (Å²) < 4.78 is 68.8. The van der Waals surface area contributed by atoms with Crippen molar-refractivity contribution in [3.63, 3.8) is 0 Å². The molecule has 0 aliphatic carbocycles. The van der Waals surface area contributed by atoms with Crippen molar-refractivity contribution in [3.05, 3.63) is 0 Å². The van der Waals surface area contributed by atoms with Gasteiger partial charge in [0.25, 0.3) is 0 Å². The van der Waals surface area contributed by atoms with Gasteiger partial charge >= 0.3 is 39.5 Å². The molecule has 0 saturated carbocycles. The lowest BCUT2D eigenvalue weighted by molar-refractivity contribution is -0.161. The highest BCUT2D eigenvalue weighted by Crippen LogP contribution is 2.45. The predicted molar refractivity (Wildman–Crippen MR) is 428 cm³/mol. The summed E-state index contributed by atoms with van der Waals surface area (Å²) in [4.78, 5) is 73.1. The van der Waals surface area contributed by atoms with E-state index in [1.54, 1.807) is 0 Å². The van der Waals surface area contributed by atoms with E-state index >= 15 is 0 Å². The van der Waals surface area contributed by atoms with Crippen molar-refractivity contribution >= 4 is 39.5 Å². The van der Waals surface area contributed by atoms with Crippen LogP contribution in [-0.2, 0) is 65.4 Å². The van der Waals surface area contributed by atoms with Crippen molar-refractivity contribution in [1.29, 1.82) is 0 Å². The maximum Gasteiger partial charge on any atom is 0.472 e. The number of phosphoric acid groups is 2. The lowest BCUT2D eigenvalue weighted by atomic mass is 9.99. The number of ether oxygens (including phenoxy) is 4. The summed E-state index contributed by atoms with van der Waals surface area (Å²) in [5.41, 5.74) is 0. The fourth-order valence-corrected chi connectivity index (χ4v) is 14.7. The van der Waals surface area contributed by atoms with Crippen LogP contribution in [0, 0.1) is 17.8 Å². The SMILES string of the molecule is CCCCCCCCCCCCCCCCCCCCCC(=O)OC[C@H](COP(=O)(O)OC[C@@H](O)COP(=O)(O)OC[C@@H](COC(=O)CCCCCCCCCC(C)C)OC(=O)CCCCCCCCCCCCC(C)CC)OC(=O)CCCCCCCCCCCCCCCCCCCCC(C)C. The smallest absolute Gasteiger partial charge is 0.462 e. The Bertz CT molecular complexity index is 2010. The Labute approximate surface area is 638 Å². The molecule has 0 aromatic carbocycles. The molecule has 19 heteroatoms. The number of unbranched alkanes of at least 4 members (excludes halogenated alkanes) is 50. The largest absolute Gasteiger partial charge is 0.472 e. The highest BCUT2D eigenvalue weighted by atomic mass is 31.2. The zero-order chi connectivity index (χ0) is 76.5. The normalized spacial score (nSPS) is 14.2. The van der Waals surface area contributed by atoms with E-state index in [0.717, 1.165) is 108 Å². The van der Waals surface area contributed by atoms with E-state index in [9.17, 15) is 43.2 Å². The Morgan fingerprint density at radius 3 is 0.731 bits per heavy atom. The van der Waals surface area contributed by atoms with Crippen LogP contribution in [0.25, 0.3) is 0 Å². The monoisotopic (exact) mass is 1520 g/mol. The second-order valence-corrected chi connectivity index (χ2v) is 34.7. The quantitative estimate of drug-likeness (QED) is 0.0222. The third-order valence-electron chi connectivity index (χ3n) is 20.2. The zero-order valence-electron chi connectivity index (χ0n) is 68.5. The summed E-state index contributed by atoms with van der Waals surface area (Å²) in [6.45, 7) is 12.0. The number of rotatable bonds is 83. The van der Waals surface area contributed by atoms with Gasteiger partial charge in [-0.05, 0) is 43.4 Å². The van der Waals surface area contributed by atoms with Gasteiger partial charge in [0.2, 0.25) is 0 Å². The van der Waals surface area contributed by atoms with Crippen LogP contribution in [0.15, 0.2) is 0 Å². The molecular formula is C85H166O17P2. The van der Waals surface area contributed by atoms with Crippen LogP contribution in [0.3, 0.4) is 0 Å². The highest BCUT2D eigenvalue weighted by molar-refractivity contribution is 7.47. The molecular weight excluding hydrogens is 1350 g/mol. The molecule has 0 fully saturated rings. The first-order valence-corrected chi connectivity index (χ1v) is 46.9. The van der Waals surface area contributed by atoms with Crippen LogP contribution in [0.4, 0.5) is 0 Å². The van der Waals surface area contributed by atoms with Crippen LogP contribution in [-0.4, -0.2) is 96.7 Å². The van der Waals surface area contributed by atoms with Gasteiger partial charge in [0.1, 0.15) is 19.3 Å². The summed E-state index contributed by atoms with van der Waals surface area (Å²) in [6.07, 6.45) is 65.4. The number of hydrogen-bond donors (Lipinski definition) is 3. The summed E-state index contributed by atoms with van der Waals surface area (Å²) in [6, 6.07) is 0. The van der Waals surface area contributed by atoms with E-state index in [1.165, 1.54) is 250 Å². The Hall–Kier alpha value is -1.94. The molecule has 3 N–H and O–H groups in total. The molecule has 0 aliphatic heterocycles. The first kappa shape index (κ1) is 102. The lowest BCUT2D eigenvalue weighted by Gasteiger charge is -2.21. The number of carbonyl (C=O) groups excluding carboxylic acids is 4. The van der Waals surface area contributed by atoms with Crippen molar-refractivity contribution in [2.45, 2.75) is 465 Å². The lowest BCUT2D eigenvalue weighted by Crippen LogP contribution is -2.30. The number of aliphatic hydroxyl groups is 1. The van der Waals surface area contributed by atoms with Crippen molar-refractivity contribution in [1.82, 2.24) is 0 Å². The number of esters is 4. The minimum Gasteiger partial charge on any atom is -0.462 e. The molecule has 0 aromatic heterocycles. The zero-order valence-corrected chi connectivity index (χ0v) is 70.3. The Morgan fingerprint density at radius 1 is 0.279 bits per heavy atom. The molecule has 6 atom stereocenters. The third-order valence-corrected chi connectivity index (χ3v) is 22.1. The van der Waals surface area contributed by atoms with E-state index in [1.807, 2.05) is 0 Å². The number of aliphatic hydroxyl groups excluding tert-OH is 1. The molecule has 618 valence electrons. The molecule has 0 saturated heterocycles. The molecule has 0 spiro atoms. The second-order valence-electron chi connectivity index (χ2n) is 31.8. The van der Waals surface area contributed by atoms with E-state index in [4.69, 9.17) is 37.0 Å². The molecule has 3 unspecified atom stereocenters.